The van der Waals surface area contributed by atoms with Crippen LogP contribution in [0, 0.1) is 0 Å². The summed E-state index contributed by atoms with van der Waals surface area (Å²) in [6.07, 6.45) is 2.70. The molecule has 2 aliphatic rings. The minimum absolute atomic E-state index is 0.0694. The Morgan fingerprint density at radius 3 is 2.31 bits per heavy atom. The standard InChI is InChI=1S/C23H24N2O4/c1-29-17-12-10-16(11-13-17)20-8-4-14-24(20)21(26)9-5-15-25-22(27)18-6-2-3-7-19(18)23(25)28/h2-3,6-7,10-13,20H,4-5,8-9,14-15H2,1H3. The average Bonchev–Trinajstić information content (AvgIpc) is 3.33. The minimum atomic E-state index is -0.268. The van der Waals surface area contributed by atoms with Gasteiger partial charge in [0.2, 0.25) is 5.91 Å². The third-order valence-electron chi connectivity index (χ3n) is 5.72. The largest absolute Gasteiger partial charge is 0.497 e. The van der Waals surface area contributed by atoms with Gasteiger partial charge < -0.3 is 9.64 Å². The number of hydrogen-bond donors (Lipinski definition) is 0. The zero-order valence-electron chi connectivity index (χ0n) is 16.5. The first-order chi connectivity index (χ1) is 14.1. The highest BCUT2D eigenvalue weighted by atomic mass is 16.5. The van der Waals surface area contributed by atoms with Crippen molar-refractivity contribution in [2.75, 3.05) is 20.2 Å². The molecule has 0 spiro atoms. The second-order valence-electron chi connectivity index (χ2n) is 7.43. The molecule has 1 fully saturated rings. The fraction of sp³-hybridized carbons (Fsp3) is 0.348. The SMILES string of the molecule is COc1ccc(C2CCCN2C(=O)CCCN2C(=O)c3ccccc3C2=O)cc1. The first-order valence-corrected chi connectivity index (χ1v) is 9.99. The summed E-state index contributed by atoms with van der Waals surface area (Å²) >= 11 is 0. The molecule has 0 bridgehead atoms. The van der Waals surface area contributed by atoms with Gasteiger partial charge in [-0.25, -0.2) is 0 Å². The molecule has 6 nitrogen and oxygen atoms in total. The number of rotatable bonds is 6. The van der Waals surface area contributed by atoms with Crippen LogP contribution in [0.3, 0.4) is 0 Å². The van der Waals surface area contributed by atoms with E-state index in [1.165, 1.54) is 4.90 Å². The number of methoxy groups -OCH3 is 1. The van der Waals surface area contributed by atoms with E-state index in [1.54, 1.807) is 31.4 Å². The van der Waals surface area contributed by atoms with Crippen LogP contribution >= 0.6 is 0 Å². The zero-order valence-corrected chi connectivity index (χ0v) is 16.5. The summed E-state index contributed by atoms with van der Waals surface area (Å²) in [4.78, 5) is 40.8. The average molecular weight is 392 g/mol. The zero-order chi connectivity index (χ0) is 20.4. The molecule has 150 valence electrons. The van der Waals surface area contributed by atoms with E-state index in [1.807, 2.05) is 29.2 Å². The Morgan fingerprint density at radius 1 is 1.03 bits per heavy atom. The van der Waals surface area contributed by atoms with Crippen molar-refractivity contribution in [1.29, 1.82) is 0 Å². The summed E-state index contributed by atoms with van der Waals surface area (Å²) in [5.74, 6) is 0.330. The summed E-state index contributed by atoms with van der Waals surface area (Å²) in [7, 11) is 1.63. The van der Waals surface area contributed by atoms with Crippen molar-refractivity contribution < 1.29 is 19.1 Å². The molecule has 2 aromatic carbocycles. The maximum atomic E-state index is 12.8. The molecule has 0 aliphatic carbocycles. The van der Waals surface area contributed by atoms with Crippen LogP contribution in [0.2, 0.25) is 0 Å². The van der Waals surface area contributed by atoms with E-state index >= 15 is 0 Å². The van der Waals surface area contributed by atoms with Gasteiger partial charge >= 0.3 is 0 Å². The molecule has 4 rings (SSSR count). The lowest BCUT2D eigenvalue weighted by molar-refractivity contribution is -0.132. The van der Waals surface area contributed by atoms with E-state index in [4.69, 9.17) is 4.74 Å². The first-order valence-electron chi connectivity index (χ1n) is 9.99. The normalized spacial score (nSPS) is 18.3. The van der Waals surface area contributed by atoms with Gasteiger partial charge in [0.25, 0.3) is 11.8 Å². The van der Waals surface area contributed by atoms with Crippen LogP contribution in [-0.4, -0.2) is 47.7 Å². The number of nitrogens with zero attached hydrogens (tertiary/aromatic N) is 2. The second kappa shape index (κ2) is 8.07. The number of hydrogen-bond acceptors (Lipinski definition) is 4. The summed E-state index contributed by atoms with van der Waals surface area (Å²) in [6.45, 7) is 1.00. The van der Waals surface area contributed by atoms with E-state index in [2.05, 4.69) is 0 Å². The van der Waals surface area contributed by atoms with Gasteiger partial charge in [-0.2, -0.15) is 0 Å². The lowest BCUT2D eigenvalue weighted by Gasteiger charge is -2.25. The number of carbonyl (C=O) groups excluding carboxylic acids is 3. The highest BCUT2D eigenvalue weighted by molar-refractivity contribution is 6.21. The predicted molar refractivity (Wildman–Crippen MR) is 108 cm³/mol. The van der Waals surface area contributed by atoms with Gasteiger partial charge in [0.05, 0.1) is 24.3 Å². The van der Waals surface area contributed by atoms with Crippen molar-refractivity contribution in [3.8, 4) is 5.75 Å². The molecule has 1 saturated heterocycles. The molecule has 3 amide bonds. The Labute approximate surface area is 170 Å². The molecule has 6 heteroatoms. The molecule has 0 N–H and O–H groups in total. The molecule has 2 aliphatic heterocycles. The second-order valence-corrected chi connectivity index (χ2v) is 7.43. The van der Waals surface area contributed by atoms with Crippen molar-refractivity contribution in [3.63, 3.8) is 0 Å². The van der Waals surface area contributed by atoms with E-state index in [0.717, 1.165) is 30.7 Å². The van der Waals surface area contributed by atoms with Crippen LogP contribution < -0.4 is 4.74 Å². The van der Waals surface area contributed by atoms with Crippen molar-refractivity contribution in [2.24, 2.45) is 0 Å². The Hall–Kier alpha value is -3.15. The van der Waals surface area contributed by atoms with Crippen LogP contribution in [0.25, 0.3) is 0 Å². The number of likely N-dealkylation sites (tertiary alicyclic amines) is 1. The van der Waals surface area contributed by atoms with Crippen molar-refractivity contribution >= 4 is 17.7 Å². The van der Waals surface area contributed by atoms with E-state index in [9.17, 15) is 14.4 Å². The molecular weight excluding hydrogens is 368 g/mol. The Bertz CT molecular complexity index is 903. The molecule has 1 unspecified atom stereocenters. The van der Waals surface area contributed by atoms with Crippen LogP contribution in [0.15, 0.2) is 48.5 Å². The van der Waals surface area contributed by atoms with E-state index < -0.39 is 0 Å². The Morgan fingerprint density at radius 2 is 1.69 bits per heavy atom. The Kier molecular flexibility index (Phi) is 5.34. The van der Waals surface area contributed by atoms with Crippen LogP contribution in [-0.2, 0) is 4.79 Å². The number of carbonyl (C=O) groups is 3. The highest BCUT2D eigenvalue weighted by Gasteiger charge is 2.35. The number of ether oxygens (including phenoxy) is 1. The Balaban J connectivity index is 1.35. The molecular formula is C23H24N2O4. The maximum Gasteiger partial charge on any atom is 0.261 e. The van der Waals surface area contributed by atoms with Gasteiger partial charge in [-0.15, -0.1) is 0 Å². The van der Waals surface area contributed by atoms with Crippen molar-refractivity contribution in [3.05, 3.63) is 65.2 Å². The highest BCUT2D eigenvalue weighted by Crippen LogP contribution is 2.33. The molecule has 0 saturated carbocycles. The lowest BCUT2D eigenvalue weighted by Crippen LogP contribution is -2.33. The summed E-state index contributed by atoms with van der Waals surface area (Å²) in [5, 5.41) is 0. The minimum Gasteiger partial charge on any atom is -0.497 e. The fourth-order valence-corrected chi connectivity index (χ4v) is 4.21. The van der Waals surface area contributed by atoms with Crippen molar-refractivity contribution in [1.82, 2.24) is 9.80 Å². The van der Waals surface area contributed by atoms with E-state index in [-0.39, 0.29) is 30.3 Å². The van der Waals surface area contributed by atoms with Gasteiger partial charge in [-0.05, 0) is 49.1 Å². The smallest absolute Gasteiger partial charge is 0.261 e. The maximum absolute atomic E-state index is 12.8. The number of imide groups is 1. The molecule has 1 atom stereocenters. The fourth-order valence-electron chi connectivity index (χ4n) is 4.21. The summed E-state index contributed by atoms with van der Waals surface area (Å²) in [5.41, 5.74) is 2.00. The van der Waals surface area contributed by atoms with Crippen LogP contribution in [0.4, 0.5) is 0 Å². The van der Waals surface area contributed by atoms with Crippen LogP contribution in [0.5, 0.6) is 5.75 Å². The molecule has 0 radical (unpaired) electrons. The van der Waals surface area contributed by atoms with Gasteiger partial charge in [-0.1, -0.05) is 24.3 Å². The van der Waals surface area contributed by atoms with Gasteiger partial charge in [0.1, 0.15) is 5.75 Å². The number of fused-ring (bicyclic) bond motifs is 1. The van der Waals surface area contributed by atoms with Crippen molar-refractivity contribution in [2.45, 2.75) is 31.7 Å². The monoisotopic (exact) mass is 392 g/mol. The van der Waals surface area contributed by atoms with Gasteiger partial charge in [0.15, 0.2) is 0 Å². The van der Waals surface area contributed by atoms with Gasteiger partial charge in [0, 0.05) is 19.5 Å². The third-order valence-corrected chi connectivity index (χ3v) is 5.72. The molecule has 2 heterocycles. The molecule has 2 aromatic rings. The quantitative estimate of drug-likeness (QED) is 0.707. The predicted octanol–water partition coefficient (Wildman–Crippen LogP) is 3.44. The molecule has 0 aromatic heterocycles. The third kappa shape index (κ3) is 3.62. The summed E-state index contributed by atoms with van der Waals surface area (Å²) < 4.78 is 5.21. The van der Waals surface area contributed by atoms with Gasteiger partial charge in [-0.3, -0.25) is 19.3 Å². The molecule has 29 heavy (non-hydrogen) atoms. The van der Waals surface area contributed by atoms with Crippen LogP contribution in [0.1, 0.15) is 58.0 Å². The summed E-state index contributed by atoms with van der Waals surface area (Å²) in [6, 6.07) is 14.8. The first kappa shape index (κ1) is 19.2. The lowest BCUT2D eigenvalue weighted by atomic mass is 10.0. The topological polar surface area (TPSA) is 66.9 Å². The van der Waals surface area contributed by atoms with E-state index in [0.29, 0.717) is 24.0 Å². The number of amides is 3. The number of benzene rings is 2.